The van der Waals surface area contributed by atoms with Crippen LogP contribution < -0.4 is 4.90 Å². The molecule has 0 saturated carbocycles. The third-order valence-corrected chi connectivity index (χ3v) is 4.99. The number of hydrogen-bond donors (Lipinski definition) is 3. The number of nitrogens with one attached hydrogen (secondary N) is 1. The number of piperidine rings is 1. The molecule has 0 aromatic heterocycles. The minimum atomic E-state index is -0.498. The van der Waals surface area contributed by atoms with Gasteiger partial charge in [-0.05, 0) is 33.3 Å². The van der Waals surface area contributed by atoms with Gasteiger partial charge in [0.2, 0.25) is 0 Å². The van der Waals surface area contributed by atoms with Gasteiger partial charge in [-0.15, -0.1) is 0 Å². The Morgan fingerprint density at radius 2 is 1.70 bits per heavy atom. The van der Waals surface area contributed by atoms with E-state index in [-0.39, 0.29) is 17.2 Å². The molecule has 4 nitrogen and oxygen atoms in total. The van der Waals surface area contributed by atoms with Gasteiger partial charge < -0.3 is 19.8 Å². The highest BCUT2D eigenvalue weighted by molar-refractivity contribution is 5.13. The topological polar surface area (TPSA) is 54.1 Å². The van der Waals surface area contributed by atoms with Gasteiger partial charge in [0.15, 0.2) is 0 Å². The van der Waals surface area contributed by atoms with Crippen molar-refractivity contribution in [3.05, 3.63) is 35.9 Å². The van der Waals surface area contributed by atoms with Gasteiger partial charge in [0.25, 0.3) is 0 Å². The maximum Gasteiger partial charge on any atom is 0.126 e. The average molecular weight is 322 g/mol. The van der Waals surface area contributed by atoms with E-state index < -0.39 is 6.10 Å². The summed E-state index contributed by atoms with van der Waals surface area (Å²) in [5, 5.41) is 20.5. The smallest absolute Gasteiger partial charge is 0.126 e. The summed E-state index contributed by atoms with van der Waals surface area (Å²) in [6.45, 7) is 10.2. The molecular formula is C19H32NO3+. The molecule has 0 amide bonds. The van der Waals surface area contributed by atoms with E-state index in [0.717, 1.165) is 18.4 Å². The highest BCUT2D eigenvalue weighted by Crippen LogP contribution is 2.23. The van der Waals surface area contributed by atoms with Crippen LogP contribution in [-0.4, -0.2) is 46.7 Å². The molecular weight excluding hydrogens is 290 g/mol. The van der Waals surface area contributed by atoms with Gasteiger partial charge in [0, 0.05) is 12.8 Å². The monoisotopic (exact) mass is 322 g/mol. The number of hydrogen-bond acceptors (Lipinski definition) is 3. The van der Waals surface area contributed by atoms with Crippen LogP contribution in [0.25, 0.3) is 0 Å². The summed E-state index contributed by atoms with van der Waals surface area (Å²) in [7, 11) is 0. The first kappa shape index (κ1) is 18.4. The molecule has 0 radical (unpaired) electrons. The van der Waals surface area contributed by atoms with E-state index in [4.69, 9.17) is 4.74 Å². The molecule has 1 saturated heterocycles. The van der Waals surface area contributed by atoms with E-state index in [1.54, 1.807) is 0 Å². The number of rotatable bonds is 6. The Hall–Kier alpha value is -0.940. The molecule has 1 heterocycles. The molecule has 1 aliphatic rings. The van der Waals surface area contributed by atoms with Gasteiger partial charge >= 0.3 is 0 Å². The predicted octanol–water partition coefficient (Wildman–Crippen LogP) is 1.16. The zero-order valence-electron chi connectivity index (χ0n) is 14.9. The number of aliphatic hydroxyl groups is 2. The molecule has 4 heteroatoms. The standard InChI is InChI=1S/C19H31NO3/c1-18(2)10-16(21)11-19(3,4)20(18)12-17(22)14-23-13-15-8-6-5-7-9-15/h5-9,16-17,21-22H,10-14H2,1-4H3/p+1/t17-/m1/s1. The molecule has 1 aromatic carbocycles. The van der Waals surface area contributed by atoms with Crippen LogP contribution in [0.15, 0.2) is 30.3 Å². The first-order valence-corrected chi connectivity index (χ1v) is 8.55. The summed E-state index contributed by atoms with van der Waals surface area (Å²) < 4.78 is 5.67. The molecule has 23 heavy (non-hydrogen) atoms. The van der Waals surface area contributed by atoms with E-state index in [2.05, 4.69) is 27.7 Å². The van der Waals surface area contributed by atoms with E-state index in [1.807, 2.05) is 30.3 Å². The first-order chi connectivity index (χ1) is 10.7. The third kappa shape index (κ3) is 5.01. The minimum absolute atomic E-state index is 0.0540. The van der Waals surface area contributed by atoms with Crippen LogP contribution in [0.3, 0.4) is 0 Å². The maximum absolute atomic E-state index is 10.4. The second-order valence-electron chi connectivity index (χ2n) is 8.17. The van der Waals surface area contributed by atoms with Crippen molar-refractivity contribution >= 4 is 0 Å². The van der Waals surface area contributed by atoms with Crippen LogP contribution in [-0.2, 0) is 11.3 Å². The van der Waals surface area contributed by atoms with Crippen molar-refractivity contribution < 1.29 is 19.8 Å². The molecule has 0 aliphatic carbocycles. The van der Waals surface area contributed by atoms with E-state index in [9.17, 15) is 10.2 Å². The molecule has 130 valence electrons. The normalized spacial score (nSPS) is 27.6. The lowest BCUT2D eigenvalue weighted by Crippen LogP contribution is -3.27. The molecule has 0 spiro atoms. The Bertz CT molecular complexity index is 469. The lowest BCUT2D eigenvalue weighted by atomic mass is 9.78. The summed E-state index contributed by atoms with van der Waals surface area (Å²) in [5.41, 5.74) is 1.01. The van der Waals surface area contributed by atoms with Crippen molar-refractivity contribution in [3.8, 4) is 0 Å². The van der Waals surface area contributed by atoms with Crippen LogP contribution in [0.5, 0.6) is 0 Å². The van der Waals surface area contributed by atoms with Crippen molar-refractivity contribution in [1.29, 1.82) is 0 Å². The fraction of sp³-hybridized carbons (Fsp3) is 0.684. The number of ether oxygens (including phenoxy) is 1. The summed E-state index contributed by atoms with van der Waals surface area (Å²) >= 11 is 0. The summed E-state index contributed by atoms with van der Waals surface area (Å²) in [6.07, 6.45) is 0.782. The molecule has 1 aromatic rings. The summed E-state index contributed by atoms with van der Waals surface area (Å²) in [4.78, 5) is 1.34. The molecule has 1 atom stereocenters. The first-order valence-electron chi connectivity index (χ1n) is 8.55. The maximum atomic E-state index is 10.4. The van der Waals surface area contributed by atoms with Gasteiger partial charge in [-0.1, -0.05) is 30.3 Å². The van der Waals surface area contributed by atoms with Crippen molar-refractivity contribution in [2.24, 2.45) is 0 Å². The SMILES string of the molecule is CC1(C)CC(O)CC(C)(C)[NH+]1C[C@@H](O)COCc1ccccc1. The van der Waals surface area contributed by atoms with Crippen LogP contribution in [0.2, 0.25) is 0 Å². The second kappa shape index (κ2) is 7.31. The Kier molecular flexibility index (Phi) is 5.84. The Morgan fingerprint density at radius 3 is 2.26 bits per heavy atom. The van der Waals surface area contributed by atoms with E-state index in [1.165, 1.54) is 4.90 Å². The predicted molar refractivity (Wildman–Crippen MR) is 91.3 cm³/mol. The molecule has 1 fully saturated rings. The van der Waals surface area contributed by atoms with Crippen LogP contribution in [0.1, 0.15) is 46.1 Å². The number of aliphatic hydroxyl groups excluding tert-OH is 2. The van der Waals surface area contributed by atoms with Crippen molar-refractivity contribution in [2.45, 2.75) is 70.4 Å². The van der Waals surface area contributed by atoms with E-state index >= 15 is 0 Å². The quantitative estimate of drug-likeness (QED) is 0.737. The molecule has 0 unspecified atom stereocenters. The minimum Gasteiger partial charge on any atom is -0.393 e. The van der Waals surface area contributed by atoms with Crippen molar-refractivity contribution in [2.75, 3.05) is 13.2 Å². The third-order valence-electron chi connectivity index (χ3n) is 4.99. The van der Waals surface area contributed by atoms with Gasteiger partial charge in [0.05, 0.1) is 30.4 Å². The lowest BCUT2D eigenvalue weighted by Gasteiger charge is -2.51. The van der Waals surface area contributed by atoms with Gasteiger partial charge in [-0.25, -0.2) is 0 Å². The second-order valence-corrected chi connectivity index (χ2v) is 8.17. The van der Waals surface area contributed by atoms with Crippen molar-refractivity contribution in [3.63, 3.8) is 0 Å². The van der Waals surface area contributed by atoms with Crippen LogP contribution >= 0.6 is 0 Å². The molecule has 1 aliphatic heterocycles. The Balaban J connectivity index is 1.87. The highest BCUT2D eigenvalue weighted by Gasteiger charge is 2.49. The summed E-state index contributed by atoms with van der Waals surface area (Å²) in [5.74, 6) is 0. The molecule has 0 bridgehead atoms. The number of likely N-dealkylation sites (tertiary alicyclic amines) is 1. The average Bonchev–Trinajstić information content (AvgIpc) is 2.43. The van der Waals surface area contributed by atoms with Gasteiger partial charge in [0.1, 0.15) is 12.6 Å². The van der Waals surface area contributed by atoms with Crippen LogP contribution in [0, 0.1) is 0 Å². The zero-order chi connectivity index (χ0) is 17.1. The van der Waals surface area contributed by atoms with Gasteiger partial charge in [-0.3, -0.25) is 0 Å². The van der Waals surface area contributed by atoms with E-state index in [0.29, 0.717) is 19.8 Å². The molecule has 3 N–H and O–H groups in total. The highest BCUT2D eigenvalue weighted by atomic mass is 16.5. The number of benzene rings is 1. The lowest BCUT2D eigenvalue weighted by molar-refractivity contribution is -1.00. The molecule has 2 rings (SSSR count). The Morgan fingerprint density at radius 1 is 1.13 bits per heavy atom. The zero-order valence-corrected chi connectivity index (χ0v) is 14.9. The summed E-state index contributed by atoms with van der Waals surface area (Å²) in [6, 6.07) is 10.0. The van der Waals surface area contributed by atoms with Crippen molar-refractivity contribution in [1.82, 2.24) is 0 Å². The van der Waals surface area contributed by atoms with Crippen LogP contribution in [0.4, 0.5) is 0 Å². The number of quaternary nitrogens is 1. The largest absolute Gasteiger partial charge is 0.393 e. The fourth-order valence-corrected chi connectivity index (χ4v) is 4.15. The fourth-order valence-electron chi connectivity index (χ4n) is 4.15. The Labute approximate surface area is 140 Å². The van der Waals surface area contributed by atoms with Gasteiger partial charge in [-0.2, -0.15) is 0 Å².